The fourth-order valence-corrected chi connectivity index (χ4v) is 2.14. The Hall–Kier alpha value is -0.340. The smallest absolute Gasteiger partial charge is 0.0654 e. The van der Waals surface area contributed by atoms with Gasteiger partial charge < -0.3 is 10.1 Å². The fraction of sp³-hybridized carbons (Fsp3) is 0.846. The zero-order valence-electron chi connectivity index (χ0n) is 10.2. The average molecular weight is 211 g/mol. The highest BCUT2D eigenvalue weighted by Crippen LogP contribution is 2.20. The minimum absolute atomic E-state index is 0.452. The van der Waals surface area contributed by atoms with Gasteiger partial charge in [0, 0.05) is 7.11 Å². The summed E-state index contributed by atoms with van der Waals surface area (Å²) in [5.74, 6) is 0. The van der Waals surface area contributed by atoms with E-state index in [9.17, 15) is 0 Å². The maximum atomic E-state index is 5.29. The van der Waals surface area contributed by atoms with Crippen LogP contribution in [-0.4, -0.2) is 26.3 Å². The van der Waals surface area contributed by atoms with Crippen LogP contribution in [0.25, 0.3) is 0 Å². The number of ether oxygens (including phenoxy) is 1. The quantitative estimate of drug-likeness (QED) is 0.682. The molecule has 2 nitrogen and oxygen atoms in total. The maximum Gasteiger partial charge on any atom is 0.0654 e. The average Bonchev–Trinajstić information content (AvgIpc) is 2.52. The Balaban J connectivity index is 2.47. The molecule has 88 valence electrons. The Kier molecular flexibility index (Phi) is 6.69. The topological polar surface area (TPSA) is 21.3 Å². The molecule has 1 N–H and O–H groups in total. The molecule has 0 aromatic rings. The second-order valence-electron chi connectivity index (χ2n) is 4.34. The second-order valence-corrected chi connectivity index (χ2v) is 4.34. The van der Waals surface area contributed by atoms with Crippen molar-refractivity contribution in [3.8, 4) is 0 Å². The second kappa shape index (κ2) is 7.89. The first kappa shape index (κ1) is 12.7. The molecule has 1 aliphatic carbocycles. The van der Waals surface area contributed by atoms with E-state index in [2.05, 4.69) is 18.3 Å². The molecule has 1 unspecified atom stereocenters. The zero-order chi connectivity index (χ0) is 10.9. The molecule has 0 saturated heterocycles. The first-order valence-corrected chi connectivity index (χ1v) is 6.29. The molecule has 1 atom stereocenters. The molecule has 0 spiro atoms. The van der Waals surface area contributed by atoms with Crippen molar-refractivity contribution in [2.75, 3.05) is 20.3 Å². The lowest BCUT2D eigenvalue weighted by molar-refractivity contribution is 0.176. The van der Waals surface area contributed by atoms with Gasteiger partial charge in [0.2, 0.25) is 0 Å². The highest BCUT2D eigenvalue weighted by atomic mass is 16.5. The summed E-state index contributed by atoms with van der Waals surface area (Å²) < 4.78 is 5.29. The van der Waals surface area contributed by atoms with Crippen molar-refractivity contribution in [3.63, 3.8) is 0 Å². The van der Waals surface area contributed by atoms with Crippen LogP contribution >= 0.6 is 0 Å². The SMILES string of the molecule is CCCNC(COC)C1=CCCCCC1. The van der Waals surface area contributed by atoms with Crippen molar-refractivity contribution in [1.82, 2.24) is 5.32 Å². The summed E-state index contributed by atoms with van der Waals surface area (Å²) in [7, 11) is 1.79. The van der Waals surface area contributed by atoms with Crippen molar-refractivity contribution in [2.45, 2.75) is 51.5 Å². The number of nitrogens with one attached hydrogen (secondary N) is 1. The van der Waals surface area contributed by atoms with Crippen LogP contribution in [0.1, 0.15) is 45.4 Å². The molecule has 0 fully saturated rings. The Morgan fingerprint density at radius 3 is 3.00 bits per heavy atom. The van der Waals surface area contributed by atoms with Gasteiger partial charge in [0.05, 0.1) is 12.6 Å². The molecule has 1 rings (SSSR count). The molecule has 0 aliphatic heterocycles. The molecule has 0 aromatic carbocycles. The van der Waals surface area contributed by atoms with E-state index < -0.39 is 0 Å². The largest absolute Gasteiger partial charge is 0.383 e. The third kappa shape index (κ3) is 4.80. The van der Waals surface area contributed by atoms with Gasteiger partial charge in [-0.15, -0.1) is 0 Å². The normalized spacial score (nSPS) is 19.5. The lowest BCUT2D eigenvalue weighted by Gasteiger charge is -2.20. The van der Waals surface area contributed by atoms with E-state index in [4.69, 9.17) is 4.74 Å². The molecule has 0 radical (unpaired) electrons. The van der Waals surface area contributed by atoms with Gasteiger partial charge in [-0.2, -0.15) is 0 Å². The first-order valence-electron chi connectivity index (χ1n) is 6.29. The van der Waals surface area contributed by atoms with Crippen LogP contribution in [0, 0.1) is 0 Å². The van der Waals surface area contributed by atoms with Crippen LogP contribution in [0.15, 0.2) is 11.6 Å². The summed E-state index contributed by atoms with van der Waals surface area (Å²) in [5, 5.41) is 3.57. The van der Waals surface area contributed by atoms with E-state index in [1.165, 1.54) is 38.5 Å². The Morgan fingerprint density at radius 2 is 2.27 bits per heavy atom. The van der Waals surface area contributed by atoms with Gasteiger partial charge in [0.25, 0.3) is 0 Å². The first-order chi connectivity index (χ1) is 7.38. The fourth-order valence-electron chi connectivity index (χ4n) is 2.14. The molecule has 0 heterocycles. The van der Waals surface area contributed by atoms with E-state index in [0.29, 0.717) is 6.04 Å². The molecular weight excluding hydrogens is 186 g/mol. The predicted molar refractivity (Wildman–Crippen MR) is 65.1 cm³/mol. The van der Waals surface area contributed by atoms with Crippen LogP contribution in [0.5, 0.6) is 0 Å². The van der Waals surface area contributed by atoms with Crippen molar-refractivity contribution < 1.29 is 4.74 Å². The summed E-state index contributed by atoms with van der Waals surface area (Å²) >= 11 is 0. The van der Waals surface area contributed by atoms with Gasteiger partial charge >= 0.3 is 0 Å². The van der Waals surface area contributed by atoms with Crippen LogP contribution < -0.4 is 5.32 Å². The molecule has 0 aromatic heterocycles. The van der Waals surface area contributed by atoms with E-state index in [1.54, 1.807) is 12.7 Å². The number of methoxy groups -OCH3 is 1. The van der Waals surface area contributed by atoms with E-state index in [-0.39, 0.29) is 0 Å². The molecule has 15 heavy (non-hydrogen) atoms. The summed E-state index contributed by atoms with van der Waals surface area (Å²) in [6.45, 7) is 4.11. The van der Waals surface area contributed by atoms with Gasteiger partial charge in [-0.25, -0.2) is 0 Å². The summed E-state index contributed by atoms with van der Waals surface area (Å²) in [6, 6.07) is 0.452. The highest BCUT2D eigenvalue weighted by molar-refractivity contribution is 5.12. The number of hydrogen-bond acceptors (Lipinski definition) is 2. The predicted octanol–water partition coefficient (Wildman–Crippen LogP) is 2.89. The molecule has 0 saturated carbocycles. The Bertz CT molecular complexity index is 189. The number of rotatable bonds is 6. The van der Waals surface area contributed by atoms with Crippen LogP contribution in [0.4, 0.5) is 0 Å². The van der Waals surface area contributed by atoms with Crippen molar-refractivity contribution in [3.05, 3.63) is 11.6 Å². The van der Waals surface area contributed by atoms with Crippen molar-refractivity contribution in [1.29, 1.82) is 0 Å². The molecule has 0 bridgehead atoms. The lowest BCUT2D eigenvalue weighted by atomic mass is 10.0. The monoisotopic (exact) mass is 211 g/mol. The van der Waals surface area contributed by atoms with E-state index >= 15 is 0 Å². The van der Waals surface area contributed by atoms with Gasteiger partial charge in [-0.05, 0) is 38.6 Å². The van der Waals surface area contributed by atoms with Crippen LogP contribution in [0.2, 0.25) is 0 Å². The minimum atomic E-state index is 0.452. The lowest BCUT2D eigenvalue weighted by Crippen LogP contribution is -2.35. The number of hydrogen-bond donors (Lipinski definition) is 1. The maximum absolute atomic E-state index is 5.29. The van der Waals surface area contributed by atoms with Crippen LogP contribution in [0.3, 0.4) is 0 Å². The highest BCUT2D eigenvalue weighted by Gasteiger charge is 2.14. The third-order valence-corrected chi connectivity index (χ3v) is 3.00. The molecule has 2 heteroatoms. The third-order valence-electron chi connectivity index (χ3n) is 3.00. The van der Waals surface area contributed by atoms with Gasteiger partial charge in [-0.1, -0.05) is 25.0 Å². The Labute approximate surface area is 94.1 Å². The van der Waals surface area contributed by atoms with Crippen molar-refractivity contribution >= 4 is 0 Å². The van der Waals surface area contributed by atoms with E-state index in [0.717, 1.165) is 13.2 Å². The molecule has 0 amide bonds. The minimum Gasteiger partial charge on any atom is -0.383 e. The zero-order valence-corrected chi connectivity index (χ0v) is 10.2. The van der Waals surface area contributed by atoms with Gasteiger partial charge in [0.1, 0.15) is 0 Å². The summed E-state index contributed by atoms with van der Waals surface area (Å²) in [6.07, 6.45) is 10.2. The van der Waals surface area contributed by atoms with E-state index in [1.807, 2.05) is 0 Å². The molecule has 1 aliphatic rings. The number of allylic oxidation sites excluding steroid dienone is 1. The summed E-state index contributed by atoms with van der Waals surface area (Å²) in [5.41, 5.74) is 1.57. The summed E-state index contributed by atoms with van der Waals surface area (Å²) in [4.78, 5) is 0. The van der Waals surface area contributed by atoms with Crippen LogP contribution in [-0.2, 0) is 4.74 Å². The molecular formula is C13H25NO. The van der Waals surface area contributed by atoms with Gasteiger partial charge in [-0.3, -0.25) is 0 Å². The Morgan fingerprint density at radius 1 is 1.40 bits per heavy atom. The van der Waals surface area contributed by atoms with Crippen molar-refractivity contribution in [2.24, 2.45) is 0 Å². The standard InChI is InChI=1S/C13H25NO/c1-3-10-14-13(11-15-2)12-8-6-4-5-7-9-12/h8,13-14H,3-7,9-11H2,1-2H3. The van der Waals surface area contributed by atoms with Gasteiger partial charge in [0.15, 0.2) is 0 Å².